The first kappa shape index (κ1) is 29.4. The number of carbonyl (C=O) groups is 3. The second-order valence-electron chi connectivity index (χ2n) is 10.7. The normalized spacial score (nSPS) is 16.0. The van der Waals surface area contributed by atoms with Crippen molar-refractivity contribution in [3.63, 3.8) is 0 Å². The number of amides is 1. The van der Waals surface area contributed by atoms with E-state index in [1.807, 2.05) is 84.9 Å². The standard InChI is InChI=1S/C32H36N2O5S/c1-32(2,3)39-29(35)20-34-27-16-10-11-17-28(27)40-22-26(30(34)36)33-25(19-18-23-12-6-4-7-13-23)31(37)38-21-24-14-8-5-9-15-24/h4-17,25-26,33H,18-22H2,1-3H3/t25-,26?/m1/s1. The number of aryl methyl sites for hydroxylation is 1. The third-order valence-electron chi connectivity index (χ3n) is 6.31. The van der Waals surface area contributed by atoms with Gasteiger partial charge in [0.25, 0.3) is 0 Å². The van der Waals surface area contributed by atoms with Crippen LogP contribution in [0.5, 0.6) is 0 Å². The number of hydrogen-bond acceptors (Lipinski definition) is 7. The van der Waals surface area contributed by atoms with Gasteiger partial charge in [-0.25, -0.2) is 0 Å². The van der Waals surface area contributed by atoms with Gasteiger partial charge in [0.2, 0.25) is 5.91 Å². The quantitative estimate of drug-likeness (QED) is 0.343. The van der Waals surface area contributed by atoms with Crippen molar-refractivity contribution in [2.24, 2.45) is 0 Å². The Morgan fingerprint density at radius 3 is 2.25 bits per heavy atom. The summed E-state index contributed by atoms with van der Waals surface area (Å²) in [5.41, 5.74) is 1.95. The molecule has 1 unspecified atom stereocenters. The number of nitrogens with zero attached hydrogens (tertiary/aromatic N) is 1. The summed E-state index contributed by atoms with van der Waals surface area (Å²) in [7, 11) is 0. The fraction of sp³-hybridized carbons (Fsp3) is 0.344. The van der Waals surface area contributed by atoms with Gasteiger partial charge in [0, 0.05) is 10.6 Å². The number of esters is 2. The highest BCUT2D eigenvalue weighted by molar-refractivity contribution is 7.99. The predicted octanol–water partition coefficient (Wildman–Crippen LogP) is 5.17. The molecule has 1 heterocycles. The van der Waals surface area contributed by atoms with E-state index in [1.54, 1.807) is 20.8 Å². The molecule has 0 saturated heterocycles. The Morgan fingerprint density at radius 2 is 1.57 bits per heavy atom. The smallest absolute Gasteiger partial charge is 0.326 e. The van der Waals surface area contributed by atoms with E-state index >= 15 is 0 Å². The first-order valence-corrected chi connectivity index (χ1v) is 14.4. The Morgan fingerprint density at radius 1 is 0.950 bits per heavy atom. The molecule has 0 fully saturated rings. The number of nitrogens with one attached hydrogen (secondary N) is 1. The highest BCUT2D eigenvalue weighted by Gasteiger charge is 2.35. The maximum absolute atomic E-state index is 13.9. The van der Waals surface area contributed by atoms with E-state index in [4.69, 9.17) is 9.47 Å². The van der Waals surface area contributed by atoms with Gasteiger partial charge in [0.15, 0.2) is 0 Å². The molecule has 1 aliphatic rings. The Bertz CT molecular complexity index is 1290. The van der Waals surface area contributed by atoms with Gasteiger partial charge in [-0.15, -0.1) is 11.8 Å². The fourth-order valence-electron chi connectivity index (χ4n) is 4.44. The molecule has 8 heteroatoms. The summed E-state index contributed by atoms with van der Waals surface area (Å²) in [5.74, 6) is -0.805. The lowest BCUT2D eigenvalue weighted by atomic mass is 10.0. The van der Waals surface area contributed by atoms with Crippen molar-refractivity contribution in [2.45, 2.75) is 62.8 Å². The number of thioether (sulfide) groups is 1. The summed E-state index contributed by atoms with van der Waals surface area (Å²) in [6.45, 7) is 5.30. The zero-order valence-electron chi connectivity index (χ0n) is 23.2. The average Bonchev–Trinajstić information content (AvgIpc) is 3.06. The minimum absolute atomic E-state index is 0.146. The predicted molar refractivity (Wildman–Crippen MR) is 157 cm³/mol. The van der Waals surface area contributed by atoms with Gasteiger partial charge in [-0.05, 0) is 56.9 Å². The molecule has 0 bridgehead atoms. The summed E-state index contributed by atoms with van der Waals surface area (Å²) in [6.07, 6.45) is 1.08. The number of rotatable bonds is 10. The van der Waals surface area contributed by atoms with Crippen LogP contribution in [0.2, 0.25) is 0 Å². The lowest BCUT2D eigenvalue weighted by molar-refractivity contribution is -0.154. The van der Waals surface area contributed by atoms with Crippen LogP contribution in [-0.2, 0) is 36.9 Å². The number of fused-ring (bicyclic) bond motifs is 1. The molecule has 210 valence electrons. The van der Waals surface area contributed by atoms with Crippen LogP contribution in [-0.4, -0.2) is 47.8 Å². The number of benzene rings is 3. The highest BCUT2D eigenvalue weighted by atomic mass is 32.2. The number of hydrogen-bond donors (Lipinski definition) is 1. The van der Waals surface area contributed by atoms with Gasteiger partial charge in [0.1, 0.15) is 24.8 Å². The molecule has 2 atom stereocenters. The molecule has 4 rings (SSSR count). The Balaban J connectivity index is 1.54. The SMILES string of the molecule is CC(C)(C)OC(=O)CN1C(=O)C(N[C@H](CCc2ccccc2)C(=O)OCc2ccccc2)CSc2ccccc21. The van der Waals surface area contributed by atoms with E-state index in [0.29, 0.717) is 24.3 Å². The monoisotopic (exact) mass is 560 g/mol. The van der Waals surface area contributed by atoms with E-state index in [9.17, 15) is 14.4 Å². The van der Waals surface area contributed by atoms with E-state index in [1.165, 1.54) is 16.7 Å². The lowest BCUT2D eigenvalue weighted by Crippen LogP contribution is -2.54. The van der Waals surface area contributed by atoms with E-state index in [0.717, 1.165) is 16.0 Å². The second kappa shape index (κ2) is 13.6. The Labute approximate surface area is 240 Å². The molecule has 0 saturated carbocycles. The minimum Gasteiger partial charge on any atom is -0.460 e. The van der Waals surface area contributed by atoms with E-state index in [2.05, 4.69) is 5.32 Å². The van der Waals surface area contributed by atoms with Gasteiger partial charge in [-0.1, -0.05) is 72.8 Å². The molecule has 0 aliphatic carbocycles. The first-order valence-electron chi connectivity index (χ1n) is 13.5. The Hall–Kier alpha value is -3.62. The molecular weight excluding hydrogens is 524 g/mol. The van der Waals surface area contributed by atoms with Crippen molar-refractivity contribution in [2.75, 3.05) is 17.2 Å². The van der Waals surface area contributed by atoms with Crippen LogP contribution in [0.4, 0.5) is 5.69 Å². The lowest BCUT2D eigenvalue weighted by Gasteiger charge is -2.28. The van der Waals surface area contributed by atoms with Crippen LogP contribution in [0, 0.1) is 0 Å². The maximum atomic E-state index is 13.9. The van der Waals surface area contributed by atoms with Crippen molar-refractivity contribution >= 4 is 35.3 Å². The third-order valence-corrected chi connectivity index (χ3v) is 7.46. The van der Waals surface area contributed by atoms with E-state index in [-0.39, 0.29) is 19.1 Å². The molecule has 7 nitrogen and oxygen atoms in total. The molecule has 0 spiro atoms. The van der Waals surface area contributed by atoms with Crippen molar-refractivity contribution in [1.29, 1.82) is 0 Å². The minimum atomic E-state index is -0.719. The van der Waals surface area contributed by atoms with Crippen molar-refractivity contribution in [3.8, 4) is 0 Å². The fourth-order valence-corrected chi connectivity index (χ4v) is 5.52. The number of carbonyl (C=O) groups excluding carboxylic acids is 3. The number of anilines is 1. The van der Waals surface area contributed by atoms with Crippen LogP contribution < -0.4 is 10.2 Å². The molecule has 3 aromatic carbocycles. The molecule has 1 amide bonds. The van der Waals surface area contributed by atoms with Gasteiger partial charge >= 0.3 is 11.9 Å². The topological polar surface area (TPSA) is 84.9 Å². The third kappa shape index (κ3) is 8.44. The van der Waals surface area contributed by atoms with Gasteiger partial charge < -0.3 is 9.47 Å². The summed E-state index contributed by atoms with van der Waals surface area (Å²) in [6, 6.07) is 25.5. The van der Waals surface area contributed by atoms with Crippen molar-refractivity contribution < 1.29 is 23.9 Å². The summed E-state index contributed by atoms with van der Waals surface area (Å²) < 4.78 is 11.2. The summed E-state index contributed by atoms with van der Waals surface area (Å²) in [4.78, 5) is 42.4. The van der Waals surface area contributed by atoms with Crippen molar-refractivity contribution in [3.05, 3.63) is 96.1 Å². The van der Waals surface area contributed by atoms with Crippen LogP contribution in [0.3, 0.4) is 0 Å². The van der Waals surface area contributed by atoms with Crippen molar-refractivity contribution in [1.82, 2.24) is 5.32 Å². The molecule has 0 aromatic heterocycles. The zero-order chi connectivity index (χ0) is 28.5. The van der Waals surface area contributed by atoms with Crippen LogP contribution in [0.15, 0.2) is 89.8 Å². The molecular formula is C32H36N2O5S. The molecule has 40 heavy (non-hydrogen) atoms. The molecule has 0 radical (unpaired) electrons. The number of ether oxygens (including phenoxy) is 2. The molecule has 1 aliphatic heterocycles. The van der Waals surface area contributed by atoms with Gasteiger partial charge in [-0.3, -0.25) is 24.6 Å². The van der Waals surface area contributed by atoms with Crippen LogP contribution >= 0.6 is 11.8 Å². The highest BCUT2D eigenvalue weighted by Crippen LogP contribution is 2.34. The maximum Gasteiger partial charge on any atom is 0.326 e. The second-order valence-corrected chi connectivity index (χ2v) is 11.7. The average molecular weight is 561 g/mol. The largest absolute Gasteiger partial charge is 0.460 e. The Kier molecular flexibility index (Phi) is 10.0. The first-order chi connectivity index (χ1) is 19.2. The summed E-state index contributed by atoms with van der Waals surface area (Å²) in [5, 5.41) is 3.30. The molecule has 3 aromatic rings. The van der Waals surface area contributed by atoms with Crippen LogP contribution in [0.1, 0.15) is 38.3 Å². The van der Waals surface area contributed by atoms with E-state index < -0.39 is 29.6 Å². The van der Waals surface area contributed by atoms with Gasteiger partial charge in [0.05, 0.1) is 11.7 Å². The summed E-state index contributed by atoms with van der Waals surface area (Å²) >= 11 is 1.51. The molecule has 1 N–H and O–H groups in total. The zero-order valence-corrected chi connectivity index (χ0v) is 24.0. The van der Waals surface area contributed by atoms with Gasteiger partial charge in [-0.2, -0.15) is 0 Å². The number of para-hydroxylation sites is 1. The van der Waals surface area contributed by atoms with Crippen LogP contribution in [0.25, 0.3) is 0 Å².